The number of aromatic amines is 1. The van der Waals surface area contributed by atoms with Gasteiger partial charge in [0.1, 0.15) is 10.4 Å². The van der Waals surface area contributed by atoms with E-state index in [4.69, 9.17) is 0 Å². The van der Waals surface area contributed by atoms with Crippen molar-refractivity contribution in [3.05, 3.63) is 45.6 Å². The molecule has 0 amide bonds. The van der Waals surface area contributed by atoms with Gasteiger partial charge in [0.15, 0.2) is 16.6 Å². The van der Waals surface area contributed by atoms with Gasteiger partial charge in [0.25, 0.3) is 0 Å². The van der Waals surface area contributed by atoms with Crippen LogP contribution in [0.4, 0.5) is 5.82 Å². The van der Waals surface area contributed by atoms with E-state index in [0.29, 0.717) is 21.3 Å². The second-order valence-electron chi connectivity index (χ2n) is 5.51. The van der Waals surface area contributed by atoms with Crippen LogP contribution in [-0.4, -0.2) is 55.3 Å². The number of benzene rings is 1. The van der Waals surface area contributed by atoms with Gasteiger partial charge >= 0.3 is 34.4 Å². The fourth-order valence-electron chi connectivity index (χ4n) is 1.99. The van der Waals surface area contributed by atoms with Crippen molar-refractivity contribution < 1.29 is 5.11 Å². The fourth-order valence-corrected chi connectivity index (χ4v) is 3.51. The summed E-state index contributed by atoms with van der Waals surface area (Å²) in [6.45, 7) is 3.24. The topological polar surface area (TPSA) is 90.9 Å². The summed E-state index contributed by atoms with van der Waals surface area (Å²) in [5.74, 6) is 1.18. The molecule has 2 aromatic heterocycles. The number of aliphatic hydroxyl groups is 1. The molecule has 9 heteroatoms. The predicted octanol–water partition coefficient (Wildman–Crippen LogP) is 2.16. The Bertz CT molecular complexity index is 875. The summed E-state index contributed by atoms with van der Waals surface area (Å²) in [5, 5.41) is 13.4. The van der Waals surface area contributed by atoms with E-state index in [1.54, 1.807) is 13.8 Å². The van der Waals surface area contributed by atoms with Gasteiger partial charge in [-0.25, -0.2) is 9.97 Å². The van der Waals surface area contributed by atoms with E-state index in [-0.39, 0.29) is 34.4 Å². The molecule has 0 fully saturated rings. The molecule has 24 heavy (non-hydrogen) atoms. The molecule has 1 aromatic carbocycles. The second kappa shape index (κ2) is 7.99. The summed E-state index contributed by atoms with van der Waals surface area (Å²) in [4.78, 5) is 22.9. The van der Waals surface area contributed by atoms with Gasteiger partial charge in [-0.05, 0) is 19.4 Å². The molecule has 0 aliphatic heterocycles. The first-order chi connectivity index (χ1) is 10.9. The molecule has 3 aromatic rings. The van der Waals surface area contributed by atoms with E-state index >= 15 is 0 Å². The van der Waals surface area contributed by atoms with Gasteiger partial charge in [0.2, 0.25) is 0 Å². The molecule has 0 spiro atoms. The van der Waals surface area contributed by atoms with Crippen LogP contribution in [0.25, 0.3) is 10.3 Å². The fraction of sp³-hybridized carbons (Fsp3) is 0.267. The first kappa shape index (κ1) is 19.4. The zero-order valence-electron chi connectivity index (χ0n) is 12.7. The van der Waals surface area contributed by atoms with E-state index in [2.05, 4.69) is 20.3 Å². The number of rotatable bonds is 5. The Morgan fingerprint density at radius 2 is 2.00 bits per heavy atom. The molecule has 0 radical (unpaired) electrons. The zero-order valence-corrected chi connectivity index (χ0v) is 14.3. The van der Waals surface area contributed by atoms with Crippen LogP contribution in [0.15, 0.2) is 40.3 Å². The van der Waals surface area contributed by atoms with Crippen molar-refractivity contribution in [3.63, 3.8) is 0 Å². The predicted molar refractivity (Wildman–Crippen MR) is 101 cm³/mol. The molecule has 0 unspecified atom stereocenters. The zero-order chi connectivity index (χ0) is 16.4. The number of hydrogen-bond donors (Lipinski definition) is 3. The van der Waals surface area contributed by atoms with Crippen LogP contribution in [0.2, 0.25) is 0 Å². The maximum atomic E-state index is 11.6. The minimum atomic E-state index is -1.14. The van der Waals surface area contributed by atoms with Gasteiger partial charge in [-0.3, -0.25) is 9.78 Å². The Labute approximate surface area is 169 Å². The molecule has 0 aliphatic carbocycles. The molecular weight excluding hydrogens is 355 g/mol. The molecule has 2 heterocycles. The molecule has 3 rings (SSSR count). The van der Waals surface area contributed by atoms with E-state index < -0.39 is 5.72 Å². The molecule has 6 nitrogen and oxygen atoms in total. The van der Waals surface area contributed by atoms with Crippen LogP contribution in [0.1, 0.15) is 19.4 Å². The number of aromatic nitrogens is 3. The summed E-state index contributed by atoms with van der Waals surface area (Å²) in [6.07, 6.45) is 0. The van der Waals surface area contributed by atoms with Crippen molar-refractivity contribution in [1.82, 2.24) is 15.0 Å². The summed E-state index contributed by atoms with van der Waals surface area (Å²) < 4.78 is 0.612. The number of nitrogens with one attached hydrogen (secondary N) is 2. The molecule has 0 saturated heterocycles. The summed E-state index contributed by atoms with van der Waals surface area (Å²) in [6, 6.07) is 10.0. The van der Waals surface area contributed by atoms with E-state index in [9.17, 15) is 9.90 Å². The third-order valence-corrected chi connectivity index (χ3v) is 4.69. The Balaban J connectivity index is 0.00000208. The number of fused-ring (bicyclic) bond motifs is 1. The molecule has 3 N–H and O–H groups in total. The molecule has 122 valence electrons. The van der Waals surface area contributed by atoms with Gasteiger partial charge in [0, 0.05) is 5.75 Å². The average molecular weight is 372 g/mol. The normalized spacial score (nSPS) is 11.3. The van der Waals surface area contributed by atoms with Crippen LogP contribution in [0.3, 0.4) is 0 Å². The van der Waals surface area contributed by atoms with E-state index in [0.717, 1.165) is 22.7 Å². The molecule has 0 bridgehead atoms. The van der Waals surface area contributed by atoms with Crippen molar-refractivity contribution in [3.8, 4) is 0 Å². The van der Waals surface area contributed by atoms with Crippen molar-refractivity contribution in [2.45, 2.75) is 30.5 Å². The van der Waals surface area contributed by atoms with Crippen molar-refractivity contribution in [2.75, 3.05) is 5.32 Å². The molecule has 0 saturated carbocycles. The first-order valence-corrected chi connectivity index (χ1v) is 8.79. The minimum absolute atomic E-state index is 0. The maximum absolute atomic E-state index is 11.6. The van der Waals surface area contributed by atoms with Crippen molar-refractivity contribution in [1.29, 1.82) is 0 Å². The number of thioether (sulfide) groups is 1. The quantitative estimate of drug-likeness (QED) is 0.275. The van der Waals surface area contributed by atoms with Crippen LogP contribution < -0.4 is 10.2 Å². The van der Waals surface area contributed by atoms with E-state index in [1.165, 1.54) is 11.8 Å². The molecular formula is C15H17N4NaO2S2. The summed E-state index contributed by atoms with van der Waals surface area (Å²) in [7, 11) is 0. The van der Waals surface area contributed by atoms with Crippen LogP contribution in [-0.2, 0) is 5.75 Å². The van der Waals surface area contributed by atoms with Gasteiger partial charge in [-0.1, -0.05) is 53.4 Å². The van der Waals surface area contributed by atoms with E-state index in [1.807, 2.05) is 30.3 Å². The number of thiazole rings is 1. The van der Waals surface area contributed by atoms with Crippen molar-refractivity contribution >= 4 is 68.8 Å². The molecule has 0 atom stereocenters. The Morgan fingerprint density at radius 3 is 2.67 bits per heavy atom. The second-order valence-corrected chi connectivity index (χ2v) is 7.43. The first-order valence-electron chi connectivity index (χ1n) is 6.99. The van der Waals surface area contributed by atoms with Crippen LogP contribution >= 0.6 is 23.1 Å². The molecule has 0 aliphatic rings. The van der Waals surface area contributed by atoms with Gasteiger partial charge in [-0.2, -0.15) is 0 Å². The van der Waals surface area contributed by atoms with Gasteiger partial charge < -0.3 is 10.4 Å². The summed E-state index contributed by atoms with van der Waals surface area (Å²) in [5.41, 5.74) is 0.504. The third kappa shape index (κ3) is 5.05. The van der Waals surface area contributed by atoms with Gasteiger partial charge in [0.05, 0.1) is 0 Å². The van der Waals surface area contributed by atoms with Crippen molar-refractivity contribution in [2.24, 2.45) is 0 Å². The summed E-state index contributed by atoms with van der Waals surface area (Å²) >= 11 is 2.50. The Hall–Kier alpha value is -0.900. The van der Waals surface area contributed by atoms with Crippen LogP contribution in [0, 0.1) is 0 Å². The number of nitrogens with zero attached hydrogens (tertiary/aromatic N) is 2. The van der Waals surface area contributed by atoms with Crippen LogP contribution in [0.5, 0.6) is 0 Å². The average Bonchev–Trinajstić information content (AvgIpc) is 2.85. The number of hydrogen-bond acceptors (Lipinski definition) is 7. The Kier molecular flexibility index (Phi) is 6.46. The monoisotopic (exact) mass is 372 g/mol. The van der Waals surface area contributed by atoms with Gasteiger partial charge in [-0.15, -0.1) is 0 Å². The number of H-pyrrole nitrogens is 1. The standard InChI is InChI=1S/C15H16N4O2S2.Na.H/c1-15(2,21)19-12-10-11(18-14(20)23-10)16-13(17-12)22-8-9-6-4-3-5-7-9;;/h3-7,21H,8H2,1-2H3,(H2,16,17,18,19,20);;. The number of anilines is 1. The Morgan fingerprint density at radius 1 is 1.29 bits per heavy atom. The SMILES string of the molecule is CC(C)(O)Nc1nc(SCc2ccccc2)nc2[nH]c(=O)sc12.[NaH]. The third-order valence-electron chi connectivity index (χ3n) is 2.90.